The van der Waals surface area contributed by atoms with Crippen LogP contribution in [0, 0.1) is 13.8 Å². The number of aryl methyl sites for hydroxylation is 2. The van der Waals surface area contributed by atoms with Crippen molar-refractivity contribution < 1.29 is 19.1 Å². The number of aliphatic hydroxyl groups is 1. The van der Waals surface area contributed by atoms with E-state index < -0.39 is 17.3 Å². The smallest absolute Gasteiger partial charge is 0.264 e. The molecule has 0 fully saturated rings. The molecule has 1 aliphatic rings. The van der Waals surface area contributed by atoms with E-state index in [-0.39, 0.29) is 12.2 Å². The van der Waals surface area contributed by atoms with Crippen LogP contribution in [0.15, 0.2) is 59.0 Å². The number of nitrogens with zero attached hydrogens (tertiary/aromatic N) is 1. The zero-order valence-corrected chi connectivity index (χ0v) is 18.3. The molecule has 0 aliphatic carbocycles. The van der Waals surface area contributed by atoms with Crippen molar-refractivity contribution in [3.63, 3.8) is 0 Å². The van der Waals surface area contributed by atoms with Crippen LogP contribution in [-0.2, 0) is 16.9 Å². The van der Waals surface area contributed by atoms with Gasteiger partial charge >= 0.3 is 0 Å². The number of carbonyl (C=O) groups excluding carboxylic acids is 2. The third kappa shape index (κ3) is 3.70. The first-order valence-electron chi connectivity index (χ1n) is 10.5. The van der Waals surface area contributed by atoms with Crippen molar-refractivity contribution in [3.05, 3.63) is 88.4 Å². The van der Waals surface area contributed by atoms with Crippen molar-refractivity contribution >= 4 is 17.4 Å². The summed E-state index contributed by atoms with van der Waals surface area (Å²) in [4.78, 5) is 27.9. The number of carbonyl (C=O) groups is 2. The van der Waals surface area contributed by atoms with Crippen LogP contribution in [-0.4, -0.2) is 16.8 Å². The highest BCUT2D eigenvalue weighted by Gasteiger charge is 2.51. The number of hydrogen-bond acceptors (Lipinski definition) is 4. The summed E-state index contributed by atoms with van der Waals surface area (Å²) < 4.78 is 5.41. The summed E-state index contributed by atoms with van der Waals surface area (Å²) in [5.41, 5.74) is 2.46. The Morgan fingerprint density at radius 3 is 2.52 bits per heavy atom. The zero-order valence-electron chi connectivity index (χ0n) is 18.3. The van der Waals surface area contributed by atoms with Gasteiger partial charge in [-0.1, -0.05) is 50.2 Å². The minimum absolute atomic E-state index is 0.148. The minimum Gasteiger partial charge on any atom is -0.458 e. The maximum Gasteiger partial charge on any atom is 0.264 e. The van der Waals surface area contributed by atoms with Gasteiger partial charge in [-0.2, -0.15) is 0 Å². The maximum atomic E-state index is 13.5. The molecule has 2 aromatic carbocycles. The summed E-state index contributed by atoms with van der Waals surface area (Å²) in [5.74, 6) is 0.233. The second kappa shape index (κ2) is 7.82. The number of fused-ring (bicyclic) bond motifs is 1. The number of amides is 1. The molecule has 1 aliphatic heterocycles. The third-order valence-electron chi connectivity index (χ3n) is 6.04. The Hall–Kier alpha value is -3.18. The van der Waals surface area contributed by atoms with Crippen molar-refractivity contribution in [3.8, 4) is 0 Å². The highest BCUT2D eigenvalue weighted by molar-refractivity contribution is 6.10. The molecule has 0 unspecified atom stereocenters. The first-order chi connectivity index (χ1) is 14.7. The van der Waals surface area contributed by atoms with E-state index >= 15 is 0 Å². The van der Waals surface area contributed by atoms with Crippen molar-refractivity contribution in [1.82, 2.24) is 0 Å². The Bertz CT molecular complexity index is 1160. The first kappa shape index (κ1) is 21.1. The van der Waals surface area contributed by atoms with Gasteiger partial charge in [-0.05, 0) is 54.7 Å². The second-order valence-corrected chi connectivity index (χ2v) is 8.62. The third-order valence-corrected chi connectivity index (χ3v) is 6.04. The number of Topliss-reactive ketones (excluding diaryl/α,β-unsaturated/α-hetero) is 1. The molecule has 0 saturated carbocycles. The van der Waals surface area contributed by atoms with Gasteiger partial charge in [0.15, 0.2) is 11.4 Å². The van der Waals surface area contributed by atoms with Gasteiger partial charge in [-0.25, -0.2) is 0 Å². The Labute approximate surface area is 182 Å². The normalized spacial score (nSPS) is 18.0. The van der Waals surface area contributed by atoms with Gasteiger partial charge in [0.1, 0.15) is 5.76 Å². The highest BCUT2D eigenvalue weighted by Crippen LogP contribution is 2.43. The molecule has 4 rings (SSSR count). The summed E-state index contributed by atoms with van der Waals surface area (Å²) in [6.45, 7) is 8.35. The maximum absolute atomic E-state index is 13.5. The van der Waals surface area contributed by atoms with Gasteiger partial charge in [0.25, 0.3) is 5.91 Å². The largest absolute Gasteiger partial charge is 0.458 e. The van der Waals surface area contributed by atoms with Crippen LogP contribution in [0.2, 0.25) is 0 Å². The molecule has 160 valence electrons. The lowest BCUT2D eigenvalue weighted by molar-refractivity contribution is -0.136. The van der Waals surface area contributed by atoms with Gasteiger partial charge in [0.2, 0.25) is 5.78 Å². The lowest BCUT2D eigenvalue weighted by Gasteiger charge is -2.23. The molecule has 5 heteroatoms. The Kier molecular flexibility index (Phi) is 5.31. The SMILES string of the molecule is Cc1ccc(C(=O)C[C@@]2(O)C(=O)N(Cc3cc(C(C)C)ccc3C)c3ccccc32)o1. The molecular formula is C26H27NO4. The summed E-state index contributed by atoms with van der Waals surface area (Å²) in [7, 11) is 0. The molecule has 1 aromatic heterocycles. The van der Waals surface area contributed by atoms with Crippen LogP contribution < -0.4 is 4.90 Å². The van der Waals surface area contributed by atoms with Crippen LogP contribution in [0.25, 0.3) is 0 Å². The molecule has 0 spiro atoms. The number of rotatable bonds is 6. The van der Waals surface area contributed by atoms with Crippen LogP contribution in [0.3, 0.4) is 0 Å². The van der Waals surface area contributed by atoms with Crippen LogP contribution in [0.1, 0.15) is 64.8 Å². The molecule has 1 N–H and O–H groups in total. The average molecular weight is 418 g/mol. The fraction of sp³-hybridized carbons (Fsp3) is 0.308. The quantitative estimate of drug-likeness (QED) is 0.571. The average Bonchev–Trinajstić information content (AvgIpc) is 3.26. The summed E-state index contributed by atoms with van der Waals surface area (Å²) in [6.07, 6.45) is -0.364. The monoisotopic (exact) mass is 417 g/mol. The van der Waals surface area contributed by atoms with E-state index in [9.17, 15) is 14.7 Å². The van der Waals surface area contributed by atoms with Crippen LogP contribution in [0.5, 0.6) is 0 Å². The number of benzene rings is 2. The molecule has 31 heavy (non-hydrogen) atoms. The fourth-order valence-electron chi connectivity index (χ4n) is 4.13. The van der Waals surface area contributed by atoms with E-state index in [2.05, 4.69) is 32.0 Å². The predicted molar refractivity (Wildman–Crippen MR) is 119 cm³/mol. The summed E-state index contributed by atoms with van der Waals surface area (Å²) in [6, 6.07) is 16.7. The fourth-order valence-corrected chi connectivity index (χ4v) is 4.13. The van der Waals surface area contributed by atoms with E-state index in [1.165, 1.54) is 5.56 Å². The molecule has 0 radical (unpaired) electrons. The lowest BCUT2D eigenvalue weighted by Crippen LogP contribution is -2.41. The highest BCUT2D eigenvalue weighted by atomic mass is 16.3. The van der Waals surface area contributed by atoms with E-state index in [4.69, 9.17) is 4.42 Å². The molecular weight excluding hydrogens is 390 g/mol. The van der Waals surface area contributed by atoms with Crippen molar-refractivity contribution in [1.29, 1.82) is 0 Å². The molecule has 1 atom stereocenters. The molecule has 5 nitrogen and oxygen atoms in total. The van der Waals surface area contributed by atoms with E-state index in [0.29, 0.717) is 29.5 Å². The van der Waals surface area contributed by atoms with Gasteiger partial charge in [-0.3, -0.25) is 9.59 Å². The van der Waals surface area contributed by atoms with Crippen LogP contribution in [0.4, 0.5) is 5.69 Å². The molecule has 1 amide bonds. The molecule has 0 bridgehead atoms. The van der Waals surface area contributed by atoms with E-state index in [1.807, 2.05) is 19.1 Å². The number of anilines is 1. The first-order valence-corrected chi connectivity index (χ1v) is 10.5. The number of furan rings is 1. The van der Waals surface area contributed by atoms with Crippen molar-refractivity contribution in [2.45, 2.75) is 52.2 Å². The van der Waals surface area contributed by atoms with E-state index in [0.717, 1.165) is 11.1 Å². The van der Waals surface area contributed by atoms with Gasteiger partial charge in [0.05, 0.1) is 18.7 Å². The topological polar surface area (TPSA) is 70.8 Å². The van der Waals surface area contributed by atoms with Gasteiger partial charge in [-0.15, -0.1) is 0 Å². The number of hydrogen-bond donors (Lipinski definition) is 1. The lowest BCUT2D eigenvalue weighted by atomic mass is 9.89. The number of para-hydroxylation sites is 1. The molecule has 0 saturated heterocycles. The standard InChI is InChI=1S/C26H27NO4/c1-16(2)19-11-9-17(3)20(13-19)15-27-22-8-6-5-7-21(22)26(30,25(27)29)14-23(28)24-12-10-18(4)31-24/h5-13,16,30H,14-15H2,1-4H3/t26-/m0/s1. The second-order valence-electron chi connectivity index (χ2n) is 8.62. The molecule has 3 aromatic rings. The summed E-state index contributed by atoms with van der Waals surface area (Å²) >= 11 is 0. The zero-order chi connectivity index (χ0) is 22.3. The Morgan fingerprint density at radius 1 is 1.10 bits per heavy atom. The Morgan fingerprint density at radius 2 is 1.84 bits per heavy atom. The Balaban J connectivity index is 1.69. The van der Waals surface area contributed by atoms with Gasteiger partial charge < -0.3 is 14.4 Å². The van der Waals surface area contributed by atoms with E-state index in [1.54, 1.807) is 36.1 Å². The van der Waals surface area contributed by atoms with Gasteiger partial charge in [0, 0.05) is 5.56 Å². The minimum atomic E-state index is -1.92. The van der Waals surface area contributed by atoms with Crippen molar-refractivity contribution in [2.75, 3.05) is 4.90 Å². The summed E-state index contributed by atoms with van der Waals surface area (Å²) in [5, 5.41) is 11.5. The van der Waals surface area contributed by atoms with Crippen molar-refractivity contribution in [2.24, 2.45) is 0 Å². The molecule has 2 heterocycles. The van der Waals surface area contributed by atoms with Crippen LogP contribution >= 0.6 is 0 Å². The number of ketones is 1. The predicted octanol–water partition coefficient (Wildman–Crippen LogP) is 5.03.